The summed E-state index contributed by atoms with van der Waals surface area (Å²) < 4.78 is 0. The van der Waals surface area contributed by atoms with Gasteiger partial charge in [-0.15, -0.1) is 0 Å². The van der Waals surface area contributed by atoms with Crippen LogP contribution in [0.2, 0.25) is 0 Å². The fourth-order valence-electron chi connectivity index (χ4n) is 3.42. The molecule has 0 heterocycles. The fourth-order valence-corrected chi connectivity index (χ4v) is 3.42. The predicted octanol–water partition coefficient (Wildman–Crippen LogP) is 4.29. The van der Waals surface area contributed by atoms with E-state index in [0.717, 1.165) is 11.8 Å². The lowest BCUT2D eigenvalue weighted by atomic mass is 9.75. The smallest absolute Gasteiger partial charge is 0.0655 e. The zero-order valence-corrected chi connectivity index (χ0v) is 9.75. The van der Waals surface area contributed by atoms with E-state index in [1.807, 2.05) is 0 Å². The standard InChI is InChI=1S/C14H23N/c15-11-14-8-6-13(7-9-14)10-12-4-2-1-3-5-12/h12-14H,1-10H2. The molecule has 2 saturated carbocycles. The molecule has 0 saturated heterocycles. The Morgan fingerprint density at radius 3 is 2.00 bits per heavy atom. The normalized spacial score (nSPS) is 33.5. The lowest BCUT2D eigenvalue weighted by molar-refractivity contribution is 0.229. The molecule has 1 heteroatoms. The van der Waals surface area contributed by atoms with E-state index in [-0.39, 0.29) is 0 Å². The maximum Gasteiger partial charge on any atom is 0.0655 e. The van der Waals surface area contributed by atoms with Crippen LogP contribution in [0.25, 0.3) is 0 Å². The molecule has 2 fully saturated rings. The number of rotatable bonds is 2. The van der Waals surface area contributed by atoms with Crippen molar-refractivity contribution in [1.82, 2.24) is 0 Å². The molecule has 2 aliphatic carbocycles. The Morgan fingerprint density at radius 1 is 0.800 bits per heavy atom. The van der Waals surface area contributed by atoms with Gasteiger partial charge in [0.05, 0.1) is 6.07 Å². The molecule has 1 nitrogen and oxygen atoms in total. The number of hydrogen-bond acceptors (Lipinski definition) is 1. The summed E-state index contributed by atoms with van der Waals surface area (Å²) in [6.45, 7) is 0. The molecule has 15 heavy (non-hydrogen) atoms. The van der Waals surface area contributed by atoms with Crippen LogP contribution in [-0.2, 0) is 0 Å². The highest BCUT2D eigenvalue weighted by Crippen LogP contribution is 2.36. The second kappa shape index (κ2) is 5.54. The van der Waals surface area contributed by atoms with Gasteiger partial charge in [0.2, 0.25) is 0 Å². The average molecular weight is 205 g/mol. The van der Waals surface area contributed by atoms with E-state index in [2.05, 4.69) is 6.07 Å². The van der Waals surface area contributed by atoms with Gasteiger partial charge in [0.25, 0.3) is 0 Å². The van der Waals surface area contributed by atoms with Crippen molar-refractivity contribution in [2.75, 3.05) is 0 Å². The van der Waals surface area contributed by atoms with Crippen LogP contribution in [0.1, 0.15) is 64.2 Å². The summed E-state index contributed by atoms with van der Waals surface area (Å²) in [5.74, 6) is 2.37. The molecule has 0 atom stereocenters. The summed E-state index contributed by atoms with van der Waals surface area (Å²) in [6, 6.07) is 2.43. The topological polar surface area (TPSA) is 23.8 Å². The molecule has 0 N–H and O–H groups in total. The molecule has 0 radical (unpaired) electrons. The van der Waals surface area contributed by atoms with Gasteiger partial charge in [0.15, 0.2) is 0 Å². The van der Waals surface area contributed by atoms with Crippen molar-refractivity contribution in [3.63, 3.8) is 0 Å². The first kappa shape index (κ1) is 11.0. The van der Waals surface area contributed by atoms with Gasteiger partial charge in [0, 0.05) is 5.92 Å². The third-order valence-corrected chi connectivity index (χ3v) is 4.42. The predicted molar refractivity (Wildman–Crippen MR) is 62.3 cm³/mol. The molecule has 2 rings (SSSR count). The van der Waals surface area contributed by atoms with Crippen molar-refractivity contribution in [3.05, 3.63) is 0 Å². The summed E-state index contributed by atoms with van der Waals surface area (Å²) >= 11 is 0. The Morgan fingerprint density at radius 2 is 1.40 bits per heavy atom. The van der Waals surface area contributed by atoms with Crippen LogP contribution in [-0.4, -0.2) is 0 Å². The second-order valence-electron chi connectivity index (χ2n) is 5.59. The van der Waals surface area contributed by atoms with Crippen molar-refractivity contribution in [2.24, 2.45) is 17.8 Å². The van der Waals surface area contributed by atoms with Crippen LogP contribution in [0.4, 0.5) is 0 Å². The third-order valence-electron chi connectivity index (χ3n) is 4.42. The Labute approximate surface area is 93.9 Å². The maximum absolute atomic E-state index is 8.85. The first-order chi connectivity index (χ1) is 7.38. The molecule has 0 aromatic rings. The van der Waals surface area contributed by atoms with Gasteiger partial charge in [-0.05, 0) is 43.9 Å². The quantitative estimate of drug-likeness (QED) is 0.660. The summed E-state index contributed by atoms with van der Waals surface area (Å²) in [6.07, 6.45) is 13.9. The summed E-state index contributed by atoms with van der Waals surface area (Å²) in [5, 5.41) is 8.85. The summed E-state index contributed by atoms with van der Waals surface area (Å²) in [5.41, 5.74) is 0. The molecular weight excluding hydrogens is 182 g/mol. The first-order valence-electron chi connectivity index (χ1n) is 6.78. The second-order valence-corrected chi connectivity index (χ2v) is 5.59. The summed E-state index contributed by atoms with van der Waals surface area (Å²) in [7, 11) is 0. The Bertz CT molecular complexity index is 214. The highest BCUT2D eigenvalue weighted by Gasteiger charge is 2.24. The molecule has 2 aliphatic rings. The van der Waals surface area contributed by atoms with E-state index in [0.29, 0.717) is 5.92 Å². The van der Waals surface area contributed by atoms with E-state index in [4.69, 9.17) is 5.26 Å². The SMILES string of the molecule is N#CC1CCC(CC2CCCCC2)CC1. The molecular formula is C14H23N. The monoisotopic (exact) mass is 205 g/mol. The fraction of sp³-hybridized carbons (Fsp3) is 0.929. The van der Waals surface area contributed by atoms with Gasteiger partial charge in [-0.25, -0.2) is 0 Å². The van der Waals surface area contributed by atoms with Gasteiger partial charge < -0.3 is 0 Å². The largest absolute Gasteiger partial charge is 0.198 e. The molecule has 84 valence electrons. The van der Waals surface area contributed by atoms with Crippen molar-refractivity contribution in [2.45, 2.75) is 64.2 Å². The number of nitrogens with zero attached hydrogens (tertiary/aromatic N) is 1. The van der Waals surface area contributed by atoms with Crippen molar-refractivity contribution < 1.29 is 0 Å². The van der Waals surface area contributed by atoms with Crippen molar-refractivity contribution in [1.29, 1.82) is 5.26 Å². The van der Waals surface area contributed by atoms with Crippen LogP contribution < -0.4 is 0 Å². The van der Waals surface area contributed by atoms with Crippen molar-refractivity contribution >= 4 is 0 Å². The van der Waals surface area contributed by atoms with Crippen LogP contribution in [0, 0.1) is 29.1 Å². The van der Waals surface area contributed by atoms with E-state index in [1.165, 1.54) is 64.2 Å². The van der Waals surface area contributed by atoms with E-state index < -0.39 is 0 Å². The Hall–Kier alpha value is -0.510. The first-order valence-corrected chi connectivity index (χ1v) is 6.78. The highest BCUT2D eigenvalue weighted by molar-refractivity contribution is 4.87. The lowest BCUT2D eigenvalue weighted by Crippen LogP contribution is -2.18. The minimum Gasteiger partial charge on any atom is -0.198 e. The third kappa shape index (κ3) is 3.23. The van der Waals surface area contributed by atoms with Crippen LogP contribution in [0.5, 0.6) is 0 Å². The van der Waals surface area contributed by atoms with Gasteiger partial charge >= 0.3 is 0 Å². The lowest BCUT2D eigenvalue weighted by Gasteiger charge is -2.30. The van der Waals surface area contributed by atoms with Gasteiger partial charge in [0.1, 0.15) is 0 Å². The minimum absolute atomic E-state index is 0.382. The van der Waals surface area contributed by atoms with Gasteiger partial charge in [-0.3, -0.25) is 0 Å². The Balaban J connectivity index is 1.69. The molecule has 0 aromatic heterocycles. The number of hydrogen-bond donors (Lipinski definition) is 0. The average Bonchev–Trinajstić information content (AvgIpc) is 2.31. The number of nitriles is 1. The van der Waals surface area contributed by atoms with Crippen molar-refractivity contribution in [3.8, 4) is 6.07 Å². The van der Waals surface area contributed by atoms with Crippen LogP contribution >= 0.6 is 0 Å². The van der Waals surface area contributed by atoms with Gasteiger partial charge in [-0.1, -0.05) is 32.1 Å². The summed E-state index contributed by atoms with van der Waals surface area (Å²) in [4.78, 5) is 0. The van der Waals surface area contributed by atoms with E-state index in [1.54, 1.807) is 0 Å². The molecule has 0 aliphatic heterocycles. The zero-order valence-electron chi connectivity index (χ0n) is 9.75. The molecule has 0 unspecified atom stereocenters. The van der Waals surface area contributed by atoms with E-state index >= 15 is 0 Å². The maximum atomic E-state index is 8.85. The molecule has 0 spiro atoms. The van der Waals surface area contributed by atoms with Gasteiger partial charge in [-0.2, -0.15) is 5.26 Å². The van der Waals surface area contributed by atoms with Crippen LogP contribution in [0.15, 0.2) is 0 Å². The molecule has 0 bridgehead atoms. The minimum atomic E-state index is 0.382. The molecule has 0 aromatic carbocycles. The zero-order chi connectivity index (χ0) is 10.5. The van der Waals surface area contributed by atoms with E-state index in [9.17, 15) is 0 Å². The molecule has 0 amide bonds. The van der Waals surface area contributed by atoms with Crippen LogP contribution in [0.3, 0.4) is 0 Å². The highest BCUT2D eigenvalue weighted by atomic mass is 14.3. The Kier molecular flexibility index (Phi) is 4.06.